The van der Waals surface area contributed by atoms with Gasteiger partial charge in [0, 0.05) is 16.8 Å². The molecule has 0 saturated carbocycles. The molecule has 0 unspecified atom stereocenters. The van der Waals surface area contributed by atoms with Crippen LogP contribution < -0.4 is 4.74 Å². The van der Waals surface area contributed by atoms with E-state index in [9.17, 15) is 0 Å². The van der Waals surface area contributed by atoms with Gasteiger partial charge >= 0.3 is 6.01 Å². The van der Waals surface area contributed by atoms with Gasteiger partial charge in [-0.2, -0.15) is 0 Å². The third-order valence-corrected chi connectivity index (χ3v) is 2.76. The van der Waals surface area contributed by atoms with Gasteiger partial charge in [0.25, 0.3) is 0 Å². The molecular formula is C13H13ClN2O2. The molecule has 1 aromatic carbocycles. The minimum atomic E-state index is -0.0662. The van der Waals surface area contributed by atoms with E-state index in [1.54, 1.807) is 18.3 Å². The van der Waals surface area contributed by atoms with E-state index in [-0.39, 0.29) is 6.61 Å². The molecule has 0 saturated heterocycles. The molecular weight excluding hydrogens is 252 g/mol. The summed E-state index contributed by atoms with van der Waals surface area (Å²) in [5.41, 5.74) is 2.42. The van der Waals surface area contributed by atoms with Gasteiger partial charge in [0.2, 0.25) is 0 Å². The van der Waals surface area contributed by atoms with Crippen LogP contribution in [0.25, 0.3) is 0 Å². The summed E-state index contributed by atoms with van der Waals surface area (Å²) in [4.78, 5) is 8.18. The maximum atomic E-state index is 9.01. The Bertz CT molecular complexity index is 529. The molecule has 5 heteroatoms. The van der Waals surface area contributed by atoms with Crippen molar-refractivity contribution < 1.29 is 9.84 Å². The van der Waals surface area contributed by atoms with Crippen molar-refractivity contribution in [3.63, 3.8) is 0 Å². The fourth-order valence-electron chi connectivity index (χ4n) is 1.42. The maximum Gasteiger partial charge on any atom is 0.316 e. The molecule has 18 heavy (non-hydrogen) atoms. The van der Waals surface area contributed by atoms with E-state index in [0.717, 1.165) is 11.3 Å². The van der Waals surface area contributed by atoms with Gasteiger partial charge in [-0.15, -0.1) is 0 Å². The van der Waals surface area contributed by atoms with Gasteiger partial charge in [-0.1, -0.05) is 23.7 Å². The number of hydrogen-bond donors (Lipinski definition) is 1. The molecule has 94 valence electrons. The van der Waals surface area contributed by atoms with Crippen molar-refractivity contribution in [2.75, 3.05) is 0 Å². The Balaban J connectivity index is 2.02. The predicted octanol–water partition coefficient (Wildman–Crippen LogP) is 2.51. The number of benzene rings is 1. The molecule has 0 radical (unpaired) electrons. The highest BCUT2D eigenvalue weighted by molar-refractivity contribution is 6.30. The first kappa shape index (κ1) is 12.8. The highest BCUT2D eigenvalue weighted by atomic mass is 35.5. The van der Waals surface area contributed by atoms with Crippen LogP contribution in [0, 0.1) is 6.92 Å². The van der Waals surface area contributed by atoms with Crippen LogP contribution in [0.15, 0.2) is 30.5 Å². The molecule has 0 fully saturated rings. The third kappa shape index (κ3) is 3.18. The smallest absolute Gasteiger partial charge is 0.316 e. The Morgan fingerprint density at radius 1 is 1.28 bits per heavy atom. The number of hydrogen-bond acceptors (Lipinski definition) is 4. The lowest BCUT2D eigenvalue weighted by Crippen LogP contribution is -2.02. The zero-order valence-electron chi connectivity index (χ0n) is 9.93. The van der Waals surface area contributed by atoms with Crippen LogP contribution in [0.3, 0.4) is 0 Å². The summed E-state index contributed by atoms with van der Waals surface area (Å²) >= 11 is 5.79. The zero-order valence-corrected chi connectivity index (χ0v) is 10.7. The van der Waals surface area contributed by atoms with Crippen molar-refractivity contribution in [2.24, 2.45) is 0 Å². The lowest BCUT2D eigenvalue weighted by atomic mass is 10.2. The van der Waals surface area contributed by atoms with Gasteiger partial charge in [-0.3, -0.25) is 0 Å². The Kier molecular flexibility index (Phi) is 4.12. The minimum absolute atomic E-state index is 0.0662. The number of aromatic nitrogens is 2. The van der Waals surface area contributed by atoms with Crippen molar-refractivity contribution in [1.82, 2.24) is 9.97 Å². The van der Waals surface area contributed by atoms with Crippen LogP contribution in [0.1, 0.15) is 16.8 Å². The number of nitrogens with zero attached hydrogens (tertiary/aromatic N) is 2. The molecule has 0 aliphatic rings. The second-order valence-corrected chi connectivity index (χ2v) is 4.27. The van der Waals surface area contributed by atoms with Crippen LogP contribution in [0.4, 0.5) is 0 Å². The zero-order chi connectivity index (χ0) is 13.0. The van der Waals surface area contributed by atoms with E-state index in [0.29, 0.717) is 23.2 Å². The summed E-state index contributed by atoms with van der Waals surface area (Å²) in [6.45, 7) is 2.13. The van der Waals surface area contributed by atoms with Gasteiger partial charge in [-0.25, -0.2) is 9.97 Å². The molecule has 4 nitrogen and oxygen atoms in total. The maximum absolute atomic E-state index is 9.01. The second-order valence-electron chi connectivity index (χ2n) is 3.84. The minimum Gasteiger partial charge on any atom is -0.459 e. The van der Waals surface area contributed by atoms with Crippen LogP contribution >= 0.6 is 11.6 Å². The number of ether oxygens (including phenoxy) is 1. The first-order valence-corrected chi connectivity index (χ1v) is 5.87. The van der Waals surface area contributed by atoms with E-state index < -0.39 is 0 Å². The van der Waals surface area contributed by atoms with Crippen LogP contribution in [0.5, 0.6) is 6.01 Å². The van der Waals surface area contributed by atoms with Gasteiger partial charge in [-0.05, 0) is 24.6 Å². The van der Waals surface area contributed by atoms with Crippen molar-refractivity contribution in [2.45, 2.75) is 20.1 Å². The number of aliphatic hydroxyl groups excluding tert-OH is 1. The largest absolute Gasteiger partial charge is 0.459 e. The molecule has 0 aliphatic heterocycles. The number of aliphatic hydroxyl groups is 1. The molecule has 1 aromatic heterocycles. The Hall–Kier alpha value is -1.65. The van der Waals surface area contributed by atoms with Gasteiger partial charge in [0.15, 0.2) is 0 Å². The van der Waals surface area contributed by atoms with Crippen LogP contribution in [-0.2, 0) is 13.2 Å². The van der Waals surface area contributed by atoms with Crippen molar-refractivity contribution >= 4 is 11.6 Å². The summed E-state index contributed by atoms with van der Waals surface area (Å²) < 4.78 is 5.47. The van der Waals surface area contributed by atoms with Crippen LogP contribution in [-0.4, -0.2) is 15.1 Å². The lowest BCUT2D eigenvalue weighted by Gasteiger charge is -2.06. The van der Waals surface area contributed by atoms with E-state index in [2.05, 4.69) is 9.97 Å². The Labute approximate surface area is 110 Å². The summed E-state index contributed by atoms with van der Waals surface area (Å²) in [6, 6.07) is 7.69. The standard InChI is InChI=1S/C13H13ClN2O2/c1-9-11(7-17)6-15-13(16-9)18-8-10-2-4-12(14)5-3-10/h2-6,17H,7-8H2,1H3. The SMILES string of the molecule is Cc1nc(OCc2ccc(Cl)cc2)ncc1CO. The molecule has 1 heterocycles. The lowest BCUT2D eigenvalue weighted by molar-refractivity contribution is 0.269. The summed E-state index contributed by atoms with van der Waals surface area (Å²) in [6.07, 6.45) is 1.57. The van der Waals surface area contributed by atoms with Gasteiger partial charge in [0.1, 0.15) is 6.61 Å². The molecule has 2 aromatic rings. The van der Waals surface area contributed by atoms with E-state index in [1.807, 2.05) is 19.1 Å². The monoisotopic (exact) mass is 264 g/mol. The highest BCUT2D eigenvalue weighted by Crippen LogP contribution is 2.13. The number of halogens is 1. The number of aryl methyl sites for hydroxylation is 1. The highest BCUT2D eigenvalue weighted by Gasteiger charge is 2.03. The molecule has 2 rings (SSSR count). The molecule has 0 amide bonds. The van der Waals surface area contributed by atoms with Crippen molar-refractivity contribution in [3.8, 4) is 6.01 Å². The van der Waals surface area contributed by atoms with Crippen molar-refractivity contribution in [3.05, 3.63) is 52.3 Å². The fraction of sp³-hybridized carbons (Fsp3) is 0.231. The second kappa shape index (κ2) is 5.80. The molecule has 0 spiro atoms. The predicted molar refractivity (Wildman–Crippen MR) is 68.5 cm³/mol. The average Bonchev–Trinajstić information content (AvgIpc) is 2.38. The van der Waals surface area contributed by atoms with Gasteiger partial charge in [0.05, 0.1) is 12.3 Å². The Morgan fingerprint density at radius 2 is 2.00 bits per heavy atom. The number of rotatable bonds is 4. The molecule has 0 aliphatic carbocycles. The fourth-order valence-corrected chi connectivity index (χ4v) is 1.55. The van der Waals surface area contributed by atoms with Gasteiger partial charge < -0.3 is 9.84 Å². The molecule has 0 bridgehead atoms. The first-order valence-electron chi connectivity index (χ1n) is 5.49. The topological polar surface area (TPSA) is 55.2 Å². The molecule has 1 N–H and O–H groups in total. The third-order valence-electron chi connectivity index (χ3n) is 2.51. The summed E-state index contributed by atoms with van der Waals surface area (Å²) in [5, 5.41) is 9.70. The first-order chi connectivity index (χ1) is 8.69. The molecule has 0 atom stereocenters. The quantitative estimate of drug-likeness (QED) is 0.922. The average molecular weight is 265 g/mol. The normalized spacial score (nSPS) is 10.4. The van der Waals surface area contributed by atoms with E-state index >= 15 is 0 Å². The summed E-state index contributed by atoms with van der Waals surface area (Å²) in [5.74, 6) is 0. The Morgan fingerprint density at radius 3 is 2.61 bits per heavy atom. The summed E-state index contributed by atoms with van der Waals surface area (Å²) in [7, 11) is 0. The van der Waals surface area contributed by atoms with E-state index in [1.165, 1.54) is 0 Å². The van der Waals surface area contributed by atoms with Crippen molar-refractivity contribution in [1.29, 1.82) is 0 Å². The van der Waals surface area contributed by atoms with Crippen LogP contribution in [0.2, 0.25) is 5.02 Å². The van der Waals surface area contributed by atoms with E-state index in [4.69, 9.17) is 21.4 Å².